The van der Waals surface area contributed by atoms with Crippen molar-refractivity contribution >= 4 is 16.7 Å². The summed E-state index contributed by atoms with van der Waals surface area (Å²) < 4.78 is 0. The number of ketones is 1. The van der Waals surface area contributed by atoms with Gasteiger partial charge in [0.25, 0.3) is 0 Å². The molecule has 1 saturated heterocycles. The zero-order chi connectivity index (χ0) is 14.5. The van der Waals surface area contributed by atoms with Crippen molar-refractivity contribution in [3.05, 3.63) is 42.1 Å². The second kappa shape index (κ2) is 6.81. The zero-order valence-electron chi connectivity index (χ0n) is 12.3. The molecule has 1 aliphatic rings. The summed E-state index contributed by atoms with van der Waals surface area (Å²) in [4.78, 5) is 16.7. The summed E-state index contributed by atoms with van der Waals surface area (Å²) >= 11 is 0. The smallest absolute Gasteiger partial charge is 0.138 e. The molecule has 1 aliphatic heterocycles. The quantitative estimate of drug-likeness (QED) is 0.915. The highest BCUT2D eigenvalue weighted by Gasteiger charge is 2.14. The van der Waals surface area contributed by atoms with E-state index in [1.807, 2.05) is 36.4 Å². The van der Waals surface area contributed by atoms with Gasteiger partial charge >= 0.3 is 0 Å². The van der Waals surface area contributed by atoms with Crippen LogP contribution in [-0.4, -0.2) is 23.4 Å². The van der Waals surface area contributed by atoms with Crippen LogP contribution >= 0.6 is 0 Å². The fourth-order valence-electron chi connectivity index (χ4n) is 3.00. The molecule has 1 fully saturated rings. The fourth-order valence-corrected chi connectivity index (χ4v) is 3.00. The molecule has 0 amide bonds. The minimum absolute atomic E-state index is 0.296. The minimum Gasteiger partial charge on any atom is -0.314 e. The van der Waals surface area contributed by atoms with Crippen molar-refractivity contribution < 1.29 is 4.79 Å². The van der Waals surface area contributed by atoms with Crippen molar-refractivity contribution in [2.45, 2.75) is 44.6 Å². The highest BCUT2D eigenvalue weighted by molar-refractivity contribution is 5.82. The Labute approximate surface area is 125 Å². The Morgan fingerprint density at radius 1 is 1.19 bits per heavy atom. The van der Waals surface area contributed by atoms with Crippen LogP contribution in [0.1, 0.15) is 37.8 Å². The van der Waals surface area contributed by atoms with Crippen molar-refractivity contribution in [3.63, 3.8) is 0 Å². The van der Waals surface area contributed by atoms with Crippen LogP contribution in [0.15, 0.2) is 36.4 Å². The molecule has 0 saturated carbocycles. The second-order valence-corrected chi connectivity index (χ2v) is 5.90. The molecule has 3 nitrogen and oxygen atoms in total. The Hall–Kier alpha value is -1.74. The predicted octanol–water partition coefficient (Wildman–Crippen LogP) is 3.27. The van der Waals surface area contributed by atoms with Crippen LogP contribution in [0.2, 0.25) is 0 Å². The first-order valence-corrected chi connectivity index (χ1v) is 7.91. The van der Waals surface area contributed by atoms with Crippen LogP contribution in [0.25, 0.3) is 10.9 Å². The highest BCUT2D eigenvalue weighted by Crippen LogP contribution is 2.15. The molecule has 1 unspecified atom stereocenters. The molecule has 1 atom stereocenters. The van der Waals surface area contributed by atoms with Crippen molar-refractivity contribution in [1.29, 1.82) is 0 Å². The number of carbonyl (C=O) groups is 1. The lowest BCUT2D eigenvalue weighted by Gasteiger charge is -2.22. The number of aromatic nitrogens is 1. The van der Waals surface area contributed by atoms with E-state index in [2.05, 4.69) is 10.3 Å². The lowest BCUT2D eigenvalue weighted by molar-refractivity contribution is -0.118. The van der Waals surface area contributed by atoms with Gasteiger partial charge in [-0.05, 0) is 37.9 Å². The van der Waals surface area contributed by atoms with E-state index in [4.69, 9.17) is 0 Å². The van der Waals surface area contributed by atoms with Gasteiger partial charge in [-0.2, -0.15) is 0 Å². The number of carbonyl (C=O) groups excluding carboxylic acids is 1. The third-order valence-corrected chi connectivity index (χ3v) is 4.22. The molecular formula is C18H22N2O. The molecule has 2 heterocycles. The van der Waals surface area contributed by atoms with Gasteiger partial charge in [-0.1, -0.05) is 30.7 Å². The van der Waals surface area contributed by atoms with Gasteiger partial charge in [0.1, 0.15) is 5.78 Å². The molecule has 0 spiro atoms. The molecule has 0 aliphatic carbocycles. The third-order valence-electron chi connectivity index (χ3n) is 4.22. The van der Waals surface area contributed by atoms with Gasteiger partial charge in [0.2, 0.25) is 0 Å². The van der Waals surface area contributed by atoms with Crippen molar-refractivity contribution in [1.82, 2.24) is 10.3 Å². The maximum absolute atomic E-state index is 12.1. The number of nitrogens with one attached hydrogen (secondary N) is 1. The Bertz CT molecular complexity index is 617. The van der Waals surface area contributed by atoms with E-state index < -0.39 is 0 Å². The van der Waals surface area contributed by atoms with Crippen LogP contribution in [-0.2, 0) is 11.2 Å². The standard InChI is InChI=1S/C18H22N2O/c21-17(11-10-15-6-3-4-12-19-15)13-16-9-8-14-5-1-2-7-18(14)20-16/h1-2,5,7-9,15,19H,3-4,6,10-13H2. The Morgan fingerprint density at radius 2 is 2.10 bits per heavy atom. The molecular weight excluding hydrogens is 260 g/mol. The Balaban J connectivity index is 1.55. The largest absolute Gasteiger partial charge is 0.314 e. The van der Waals surface area contributed by atoms with Gasteiger partial charge < -0.3 is 5.32 Å². The Morgan fingerprint density at radius 3 is 2.95 bits per heavy atom. The van der Waals surface area contributed by atoms with E-state index in [9.17, 15) is 4.79 Å². The number of nitrogens with zero attached hydrogens (tertiary/aromatic N) is 1. The highest BCUT2D eigenvalue weighted by atomic mass is 16.1. The van der Waals surface area contributed by atoms with E-state index in [1.165, 1.54) is 19.3 Å². The van der Waals surface area contributed by atoms with Gasteiger partial charge in [-0.3, -0.25) is 9.78 Å². The molecule has 1 aromatic carbocycles. The molecule has 0 radical (unpaired) electrons. The summed E-state index contributed by atoms with van der Waals surface area (Å²) in [6, 6.07) is 12.6. The van der Waals surface area contributed by atoms with Crippen LogP contribution in [0.4, 0.5) is 0 Å². The topological polar surface area (TPSA) is 42.0 Å². The number of hydrogen-bond donors (Lipinski definition) is 1. The first kappa shape index (κ1) is 14.2. The van der Waals surface area contributed by atoms with Gasteiger partial charge in [0, 0.05) is 30.0 Å². The number of para-hydroxylation sites is 1. The molecule has 1 N–H and O–H groups in total. The summed E-state index contributed by atoms with van der Waals surface area (Å²) in [6.45, 7) is 1.10. The van der Waals surface area contributed by atoms with Gasteiger partial charge in [-0.15, -0.1) is 0 Å². The SMILES string of the molecule is O=C(CCC1CCCCN1)Cc1ccc2ccccc2n1. The van der Waals surface area contributed by atoms with E-state index in [1.54, 1.807) is 0 Å². The van der Waals surface area contributed by atoms with Gasteiger partial charge in [-0.25, -0.2) is 0 Å². The van der Waals surface area contributed by atoms with Crippen molar-refractivity contribution in [2.75, 3.05) is 6.54 Å². The number of Topliss-reactive ketones (excluding diaryl/α,β-unsaturated/α-hetero) is 1. The van der Waals surface area contributed by atoms with Crippen molar-refractivity contribution in [2.24, 2.45) is 0 Å². The normalized spacial score (nSPS) is 18.8. The van der Waals surface area contributed by atoms with Crippen LogP contribution in [0.3, 0.4) is 0 Å². The van der Waals surface area contributed by atoms with E-state index >= 15 is 0 Å². The molecule has 0 bridgehead atoms. The predicted molar refractivity (Wildman–Crippen MR) is 85.3 cm³/mol. The summed E-state index contributed by atoms with van der Waals surface area (Å²) in [5, 5.41) is 4.62. The summed E-state index contributed by atoms with van der Waals surface area (Å²) in [5.74, 6) is 0.296. The summed E-state index contributed by atoms with van der Waals surface area (Å²) in [5.41, 5.74) is 1.85. The van der Waals surface area contributed by atoms with E-state index in [0.29, 0.717) is 24.7 Å². The molecule has 3 rings (SSSR count). The number of rotatable bonds is 5. The number of pyridine rings is 1. The molecule has 2 aromatic rings. The number of piperidine rings is 1. The third kappa shape index (κ3) is 3.88. The van der Waals surface area contributed by atoms with E-state index in [0.717, 1.165) is 29.6 Å². The van der Waals surface area contributed by atoms with E-state index in [-0.39, 0.29) is 0 Å². The average Bonchev–Trinajstić information content (AvgIpc) is 2.54. The fraction of sp³-hybridized carbons (Fsp3) is 0.444. The molecule has 21 heavy (non-hydrogen) atoms. The number of fused-ring (bicyclic) bond motifs is 1. The molecule has 110 valence electrons. The Kier molecular flexibility index (Phi) is 4.61. The van der Waals surface area contributed by atoms with Gasteiger partial charge in [0.05, 0.1) is 5.52 Å². The zero-order valence-corrected chi connectivity index (χ0v) is 12.3. The molecule has 3 heteroatoms. The van der Waals surface area contributed by atoms with Crippen LogP contribution < -0.4 is 5.32 Å². The lowest BCUT2D eigenvalue weighted by Crippen LogP contribution is -2.34. The summed E-state index contributed by atoms with van der Waals surface area (Å²) in [7, 11) is 0. The van der Waals surface area contributed by atoms with Crippen LogP contribution in [0, 0.1) is 0 Å². The van der Waals surface area contributed by atoms with Crippen LogP contribution in [0.5, 0.6) is 0 Å². The first-order valence-electron chi connectivity index (χ1n) is 7.91. The maximum Gasteiger partial charge on any atom is 0.138 e. The average molecular weight is 282 g/mol. The summed E-state index contributed by atoms with van der Waals surface area (Å²) in [6.07, 6.45) is 5.85. The monoisotopic (exact) mass is 282 g/mol. The minimum atomic E-state index is 0.296. The second-order valence-electron chi connectivity index (χ2n) is 5.90. The maximum atomic E-state index is 12.1. The lowest BCUT2D eigenvalue weighted by atomic mass is 9.98. The number of benzene rings is 1. The molecule has 1 aromatic heterocycles. The first-order chi connectivity index (χ1) is 10.3. The van der Waals surface area contributed by atoms with Gasteiger partial charge in [0.15, 0.2) is 0 Å². The number of hydrogen-bond acceptors (Lipinski definition) is 3. The van der Waals surface area contributed by atoms with Crippen molar-refractivity contribution in [3.8, 4) is 0 Å².